The summed E-state index contributed by atoms with van der Waals surface area (Å²) in [7, 11) is 0. The molecule has 1 aromatic rings. The van der Waals surface area contributed by atoms with Gasteiger partial charge in [-0.3, -0.25) is 9.58 Å². The number of hydrogen-bond acceptors (Lipinski definition) is 3. The van der Waals surface area contributed by atoms with Gasteiger partial charge in [-0.05, 0) is 39.2 Å². The quantitative estimate of drug-likeness (QED) is 0.881. The van der Waals surface area contributed by atoms with Gasteiger partial charge in [0.25, 0.3) is 0 Å². The van der Waals surface area contributed by atoms with Crippen molar-refractivity contribution in [1.29, 1.82) is 0 Å². The van der Waals surface area contributed by atoms with E-state index in [-0.39, 0.29) is 0 Å². The van der Waals surface area contributed by atoms with E-state index in [1.165, 1.54) is 31.2 Å². The third-order valence-corrected chi connectivity index (χ3v) is 4.77. The third-order valence-electron chi connectivity index (χ3n) is 4.77. The zero-order valence-electron chi connectivity index (χ0n) is 12.2. The van der Waals surface area contributed by atoms with E-state index in [1.54, 1.807) is 0 Å². The summed E-state index contributed by atoms with van der Waals surface area (Å²) in [5.74, 6) is 0. The lowest BCUT2D eigenvalue weighted by Crippen LogP contribution is -2.47. The van der Waals surface area contributed by atoms with E-state index >= 15 is 0 Å². The highest BCUT2D eigenvalue weighted by Gasteiger charge is 2.35. The summed E-state index contributed by atoms with van der Waals surface area (Å²) in [5.41, 5.74) is 1.36. The fourth-order valence-corrected chi connectivity index (χ4v) is 3.72. The second kappa shape index (κ2) is 5.63. The van der Waals surface area contributed by atoms with Gasteiger partial charge < -0.3 is 5.32 Å². The first-order chi connectivity index (χ1) is 9.28. The lowest BCUT2D eigenvalue weighted by molar-refractivity contribution is 0.140. The summed E-state index contributed by atoms with van der Waals surface area (Å²) in [6, 6.07) is 2.31. The smallest absolute Gasteiger partial charge is 0.0534 e. The molecular formula is C15H26N4. The Labute approximate surface area is 116 Å². The van der Waals surface area contributed by atoms with E-state index in [0.29, 0.717) is 0 Å². The molecule has 2 aliphatic rings. The van der Waals surface area contributed by atoms with Crippen molar-refractivity contribution in [1.82, 2.24) is 20.0 Å². The maximum absolute atomic E-state index is 4.39. The van der Waals surface area contributed by atoms with Crippen LogP contribution >= 0.6 is 0 Å². The number of hydrogen-bond donors (Lipinski definition) is 1. The average Bonchev–Trinajstić information content (AvgIpc) is 3.02. The maximum atomic E-state index is 4.39. The summed E-state index contributed by atoms with van der Waals surface area (Å²) < 4.78 is 2.02. The van der Waals surface area contributed by atoms with Crippen LogP contribution in [0.25, 0.3) is 0 Å². The predicted molar refractivity (Wildman–Crippen MR) is 77.0 cm³/mol. The Hall–Kier alpha value is -0.870. The van der Waals surface area contributed by atoms with Gasteiger partial charge in [0.05, 0.1) is 6.20 Å². The minimum Gasteiger partial charge on any atom is -0.311 e. The molecule has 0 radical (unpaired) electrons. The number of nitrogens with one attached hydrogen (secondary N) is 1. The number of rotatable bonds is 5. The zero-order valence-corrected chi connectivity index (χ0v) is 12.2. The highest BCUT2D eigenvalue weighted by Crippen LogP contribution is 2.30. The van der Waals surface area contributed by atoms with Gasteiger partial charge in [-0.25, -0.2) is 0 Å². The van der Waals surface area contributed by atoms with Crippen LogP contribution in [-0.4, -0.2) is 39.4 Å². The van der Waals surface area contributed by atoms with E-state index in [9.17, 15) is 0 Å². The number of aromatic nitrogens is 2. The van der Waals surface area contributed by atoms with Crippen molar-refractivity contribution < 1.29 is 0 Å². The molecule has 0 aliphatic carbocycles. The van der Waals surface area contributed by atoms with E-state index in [2.05, 4.69) is 35.4 Å². The standard InChI is InChI=1S/C15H26N4/c1-3-18(10-12-9-16-19(4-2)11-12)15-7-13-5-6-14(8-15)17-13/h9,11,13-15,17H,3-8,10H2,1-2H3. The van der Waals surface area contributed by atoms with Crippen LogP contribution in [0.2, 0.25) is 0 Å². The molecule has 0 spiro atoms. The molecule has 2 unspecified atom stereocenters. The van der Waals surface area contributed by atoms with Gasteiger partial charge in [0, 0.05) is 43.0 Å². The van der Waals surface area contributed by atoms with Gasteiger partial charge in [-0.1, -0.05) is 6.92 Å². The molecule has 3 rings (SSSR count). The van der Waals surface area contributed by atoms with Crippen molar-refractivity contribution >= 4 is 0 Å². The normalized spacial score (nSPS) is 30.2. The average molecular weight is 262 g/mol. The number of fused-ring (bicyclic) bond motifs is 2. The van der Waals surface area contributed by atoms with Gasteiger partial charge >= 0.3 is 0 Å². The summed E-state index contributed by atoms with van der Waals surface area (Å²) in [6.07, 6.45) is 9.64. The molecule has 4 nitrogen and oxygen atoms in total. The van der Waals surface area contributed by atoms with E-state index in [4.69, 9.17) is 0 Å². The van der Waals surface area contributed by atoms with Crippen molar-refractivity contribution in [3.8, 4) is 0 Å². The molecule has 2 fully saturated rings. The van der Waals surface area contributed by atoms with E-state index < -0.39 is 0 Å². The Morgan fingerprint density at radius 1 is 1.32 bits per heavy atom. The van der Waals surface area contributed by atoms with E-state index in [0.717, 1.165) is 37.8 Å². The minimum atomic E-state index is 0.758. The Balaban J connectivity index is 1.63. The van der Waals surface area contributed by atoms with Crippen LogP contribution in [0.15, 0.2) is 12.4 Å². The monoisotopic (exact) mass is 262 g/mol. The Bertz CT molecular complexity index is 402. The predicted octanol–water partition coefficient (Wildman–Crippen LogP) is 2.01. The van der Waals surface area contributed by atoms with Crippen molar-refractivity contribution in [3.63, 3.8) is 0 Å². The van der Waals surface area contributed by atoms with Crippen LogP contribution in [0.3, 0.4) is 0 Å². The highest BCUT2D eigenvalue weighted by atomic mass is 15.3. The number of aryl methyl sites for hydroxylation is 1. The van der Waals surface area contributed by atoms with Crippen molar-refractivity contribution in [2.75, 3.05) is 6.54 Å². The van der Waals surface area contributed by atoms with Crippen LogP contribution in [0, 0.1) is 0 Å². The SMILES string of the molecule is CCN(Cc1cnn(CC)c1)C1CC2CCC(C1)N2. The van der Waals surface area contributed by atoms with Gasteiger partial charge in [0.1, 0.15) is 0 Å². The number of nitrogens with zero attached hydrogens (tertiary/aromatic N) is 3. The lowest BCUT2D eigenvalue weighted by Gasteiger charge is -2.37. The molecule has 2 aliphatic heterocycles. The van der Waals surface area contributed by atoms with Crippen molar-refractivity contribution in [2.45, 2.75) is 70.7 Å². The Morgan fingerprint density at radius 2 is 2.05 bits per heavy atom. The lowest BCUT2D eigenvalue weighted by atomic mass is 9.98. The molecule has 1 aromatic heterocycles. The summed E-state index contributed by atoms with van der Waals surface area (Å²) in [5, 5.41) is 8.12. The molecule has 0 amide bonds. The van der Waals surface area contributed by atoms with E-state index in [1.807, 2.05) is 10.9 Å². The highest BCUT2D eigenvalue weighted by molar-refractivity contribution is 5.05. The molecule has 4 heteroatoms. The molecule has 2 atom stereocenters. The Morgan fingerprint density at radius 3 is 2.63 bits per heavy atom. The van der Waals surface area contributed by atoms with Crippen molar-refractivity contribution in [2.24, 2.45) is 0 Å². The zero-order chi connectivity index (χ0) is 13.2. The minimum absolute atomic E-state index is 0.758. The first kappa shape index (κ1) is 13.1. The van der Waals surface area contributed by atoms with Crippen molar-refractivity contribution in [3.05, 3.63) is 18.0 Å². The molecule has 2 bridgehead atoms. The number of piperidine rings is 1. The molecular weight excluding hydrogens is 236 g/mol. The first-order valence-corrected chi connectivity index (χ1v) is 7.80. The third kappa shape index (κ3) is 2.84. The van der Waals surface area contributed by atoms with Gasteiger partial charge in [-0.15, -0.1) is 0 Å². The van der Waals surface area contributed by atoms with Gasteiger partial charge in [0.2, 0.25) is 0 Å². The van der Waals surface area contributed by atoms with Gasteiger partial charge in [0.15, 0.2) is 0 Å². The van der Waals surface area contributed by atoms with Crippen LogP contribution < -0.4 is 5.32 Å². The molecule has 19 heavy (non-hydrogen) atoms. The fourth-order valence-electron chi connectivity index (χ4n) is 3.72. The molecule has 0 aromatic carbocycles. The largest absolute Gasteiger partial charge is 0.311 e. The molecule has 106 valence electrons. The second-order valence-corrected chi connectivity index (χ2v) is 6.03. The maximum Gasteiger partial charge on any atom is 0.0534 e. The second-order valence-electron chi connectivity index (χ2n) is 6.03. The van der Waals surface area contributed by atoms with Crippen LogP contribution in [0.1, 0.15) is 45.1 Å². The first-order valence-electron chi connectivity index (χ1n) is 7.80. The fraction of sp³-hybridized carbons (Fsp3) is 0.800. The van der Waals surface area contributed by atoms with Crippen LogP contribution in [-0.2, 0) is 13.1 Å². The Kier molecular flexibility index (Phi) is 3.89. The van der Waals surface area contributed by atoms with Gasteiger partial charge in [-0.2, -0.15) is 5.10 Å². The molecule has 3 heterocycles. The topological polar surface area (TPSA) is 33.1 Å². The molecule has 0 saturated carbocycles. The molecule has 2 saturated heterocycles. The summed E-state index contributed by atoms with van der Waals surface area (Å²) in [4.78, 5) is 2.64. The van der Waals surface area contributed by atoms with Crippen LogP contribution in [0.5, 0.6) is 0 Å². The van der Waals surface area contributed by atoms with Crippen LogP contribution in [0.4, 0.5) is 0 Å². The summed E-state index contributed by atoms with van der Waals surface area (Å²) >= 11 is 0. The molecule has 1 N–H and O–H groups in total. The summed E-state index contributed by atoms with van der Waals surface area (Å²) in [6.45, 7) is 7.58.